The molecule has 2 aromatic carbocycles. The Morgan fingerprint density at radius 1 is 1.00 bits per heavy atom. The number of amidine groups is 1. The van der Waals surface area contributed by atoms with Gasteiger partial charge in [-0.1, -0.05) is 23.4 Å². The number of alkyl halides is 6. The highest BCUT2D eigenvalue weighted by Gasteiger charge is 2.35. The first-order valence-electron chi connectivity index (χ1n) is 8.32. The summed E-state index contributed by atoms with van der Waals surface area (Å²) in [6.07, 6.45) is -6.32. The number of oxime groups is 1. The van der Waals surface area contributed by atoms with Gasteiger partial charge in [0.25, 0.3) is 0 Å². The molecule has 0 N–H and O–H groups in total. The van der Waals surface area contributed by atoms with Crippen LogP contribution in [0.3, 0.4) is 0 Å². The molecule has 0 atom stereocenters. The standard InChI is InChI=1S/C20H16F6N2O2/c1-27-18(28-29-2)14-7-10-17(16(12-14)20(24,25)26)30-11-3-4-13-5-8-15(9-6-13)19(21,22)23/h3-10,12H,1,11H2,2H3/b4-3+,28-18-. The van der Waals surface area contributed by atoms with Crippen LogP contribution >= 0.6 is 0 Å². The van der Waals surface area contributed by atoms with Gasteiger partial charge in [-0.25, -0.2) is 4.99 Å². The zero-order chi connectivity index (χ0) is 22.4. The van der Waals surface area contributed by atoms with Gasteiger partial charge in [0.05, 0.1) is 11.1 Å². The Bertz CT molecular complexity index is 932. The molecule has 0 saturated heterocycles. The van der Waals surface area contributed by atoms with Crippen molar-refractivity contribution < 1.29 is 35.9 Å². The van der Waals surface area contributed by atoms with Crippen molar-refractivity contribution in [2.45, 2.75) is 12.4 Å². The van der Waals surface area contributed by atoms with Crippen molar-refractivity contribution in [1.29, 1.82) is 0 Å². The Morgan fingerprint density at radius 2 is 1.67 bits per heavy atom. The molecule has 30 heavy (non-hydrogen) atoms. The number of nitrogens with zero attached hydrogens (tertiary/aromatic N) is 2. The van der Waals surface area contributed by atoms with Crippen molar-refractivity contribution in [3.8, 4) is 5.75 Å². The maximum atomic E-state index is 13.4. The summed E-state index contributed by atoms with van der Waals surface area (Å²) in [7, 11) is 1.22. The molecule has 2 aromatic rings. The van der Waals surface area contributed by atoms with Crippen LogP contribution in [0.4, 0.5) is 26.3 Å². The monoisotopic (exact) mass is 430 g/mol. The third-order valence-electron chi connectivity index (χ3n) is 3.75. The molecule has 0 aromatic heterocycles. The van der Waals surface area contributed by atoms with Gasteiger partial charge in [-0.3, -0.25) is 0 Å². The molecule has 0 bridgehead atoms. The van der Waals surface area contributed by atoms with E-state index in [1.54, 1.807) is 0 Å². The number of hydrogen-bond acceptors (Lipinski definition) is 3. The Morgan fingerprint density at radius 3 is 2.20 bits per heavy atom. The minimum absolute atomic E-state index is 0.0341. The Labute approximate surface area is 168 Å². The lowest BCUT2D eigenvalue weighted by atomic mass is 10.1. The van der Waals surface area contributed by atoms with E-state index in [1.807, 2.05) is 0 Å². The second kappa shape index (κ2) is 9.47. The van der Waals surface area contributed by atoms with E-state index in [1.165, 1.54) is 37.5 Å². The van der Waals surface area contributed by atoms with Crippen LogP contribution in [0.5, 0.6) is 5.75 Å². The minimum Gasteiger partial charge on any atom is -0.489 e. The smallest absolute Gasteiger partial charge is 0.419 e. The molecule has 0 saturated carbocycles. The summed E-state index contributed by atoms with van der Waals surface area (Å²) in [5.41, 5.74) is -1.37. The second-order valence-corrected chi connectivity index (χ2v) is 5.80. The lowest BCUT2D eigenvalue weighted by Gasteiger charge is -2.14. The molecular weight excluding hydrogens is 414 g/mol. The summed E-state index contributed by atoms with van der Waals surface area (Å²) in [5.74, 6) is -0.555. The molecule has 0 aliphatic carbocycles. The molecule has 160 valence electrons. The van der Waals surface area contributed by atoms with Crippen LogP contribution in [-0.2, 0) is 17.2 Å². The van der Waals surface area contributed by atoms with E-state index in [9.17, 15) is 26.3 Å². The molecule has 4 nitrogen and oxygen atoms in total. The molecule has 2 rings (SSSR count). The van der Waals surface area contributed by atoms with Gasteiger partial charge in [0.1, 0.15) is 19.5 Å². The maximum Gasteiger partial charge on any atom is 0.419 e. The highest BCUT2D eigenvalue weighted by atomic mass is 19.4. The second-order valence-electron chi connectivity index (χ2n) is 5.80. The largest absolute Gasteiger partial charge is 0.489 e. The van der Waals surface area contributed by atoms with E-state index >= 15 is 0 Å². The normalized spacial score (nSPS) is 12.8. The molecular formula is C20H16F6N2O2. The topological polar surface area (TPSA) is 43.2 Å². The minimum atomic E-state index is -4.71. The molecule has 0 amide bonds. The van der Waals surface area contributed by atoms with Gasteiger partial charge in [0.2, 0.25) is 0 Å². The molecule has 0 aliphatic rings. The summed E-state index contributed by atoms with van der Waals surface area (Å²) in [6, 6.07) is 7.54. The van der Waals surface area contributed by atoms with Gasteiger partial charge >= 0.3 is 12.4 Å². The fraction of sp³-hybridized carbons (Fsp3) is 0.200. The van der Waals surface area contributed by atoms with Crippen LogP contribution in [-0.4, -0.2) is 26.3 Å². The van der Waals surface area contributed by atoms with Crippen LogP contribution in [0.1, 0.15) is 22.3 Å². The Hall–Kier alpha value is -3.30. The Kier molecular flexibility index (Phi) is 7.25. The quantitative estimate of drug-likeness (QED) is 0.251. The van der Waals surface area contributed by atoms with Crippen LogP contribution < -0.4 is 4.74 Å². The molecule has 0 aliphatic heterocycles. The number of ether oxygens (including phenoxy) is 1. The van der Waals surface area contributed by atoms with Crippen LogP contribution in [0, 0.1) is 0 Å². The predicted molar refractivity (Wildman–Crippen MR) is 101 cm³/mol. The lowest BCUT2D eigenvalue weighted by molar-refractivity contribution is -0.139. The van der Waals surface area contributed by atoms with E-state index in [-0.39, 0.29) is 18.0 Å². The zero-order valence-corrected chi connectivity index (χ0v) is 15.6. The maximum absolute atomic E-state index is 13.4. The predicted octanol–water partition coefficient (Wildman–Crippen LogP) is 5.83. The van der Waals surface area contributed by atoms with Crippen molar-refractivity contribution in [1.82, 2.24) is 0 Å². The number of aliphatic imine (C=N–C) groups is 1. The van der Waals surface area contributed by atoms with Crippen LogP contribution in [0.25, 0.3) is 6.08 Å². The zero-order valence-electron chi connectivity index (χ0n) is 15.6. The fourth-order valence-electron chi connectivity index (χ4n) is 2.38. The van der Waals surface area contributed by atoms with Gasteiger partial charge in [-0.15, -0.1) is 0 Å². The molecule has 10 heteroatoms. The van der Waals surface area contributed by atoms with Gasteiger partial charge < -0.3 is 9.57 Å². The summed E-state index contributed by atoms with van der Waals surface area (Å²) in [4.78, 5) is 8.04. The van der Waals surface area contributed by atoms with Gasteiger partial charge in [-0.2, -0.15) is 26.3 Å². The van der Waals surface area contributed by atoms with E-state index < -0.39 is 29.2 Å². The number of hydrogen-bond donors (Lipinski definition) is 0. The third kappa shape index (κ3) is 6.10. The van der Waals surface area contributed by atoms with Crippen LogP contribution in [0.15, 0.2) is 58.7 Å². The lowest BCUT2D eigenvalue weighted by Crippen LogP contribution is -2.11. The van der Waals surface area contributed by atoms with E-state index in [0.717, 1.165) is 24.3 Å². The molecule has 0 unspecified atom stereocenters. The first kappa shape index (κ1) is 23.0. The Balaban J connectivity index is 2.15. The van der Waals surface area contributed by atoms with Crippen molar-refractivity contribution >= 4 is 18.6 Å². The highest BCUT2D eigenvalue weighted by molar-refractivity contribution is 6.01. The molecule has 0 spiro atoms. The average Bonchev–Trinajstić information content (AvgIpc) is 2.68. The summed E-state index contributed by atoms with van der Waals surface area (Å²) >= 11 is 0. The van der Waals surface area contributed by atoms with Crippen molar-refractivity contribution in [2.24, 2.45) is 10.1 Å². The SMILES string of the molecule is C=N/C(=N\OC)c1ccc(OC/C=C/c2ccc(C(F)(F)F)cc2)c(C(F)(F)F)c1. The van der Waals surface area contributed by atoms with Crippen LogP contribution in [0.2, 0.25) is 0 Å². The van der Waals surface area contributed by atoms with E-state index in [0.29, 0.717) is 5.56 Å². The summed E-state index contributed by atoms with van der Waals surface area (Å²) < 4.78 is 83.0. The van der Waals surface area contributed by atoms with E-state index in [2.05, 4.69) is 21.7 Å². The van der Waals surface area contributed by atoms with Gasteiger partial charge in [-0.05, 0) is 48.7 Å². The van der Waals surface area contributed by atoms with Crippen molar-refractivity contribution in [3.63, 3.8) is 0 Å². The molecule has 0 radical (unpaired) electrons. The van der Waals surface area contributed by atoms with Crippen molar-refractivity contribution in [2.75, 3.05) is 13.7 Å². The number of halogens is 6. The summed E-state index contributed by atoms with van der Waals surface area (Å²) in [5, 5.41) is 3.49. The first-order chi connectivity index (χ1) is 14.1. The average molecular weight is 430 g/mol. The fourth-order valence-corrected chi connectivity index (χ4v) is 2.38. The first-order valence-corrected chi connectivity index (χ1v) is 8.32. The summed E-state index contributed by atoms with van der Waals surface area (Å²) in [6.45, 7) is 3.00. The number of rotatable bonds is 6. The highest BCUT2D eigenvalue weighted by Crippen LogP contribution is 2.37. The van der Waals surface area contributed by atoms with E-state index in [4.69, 9.17) is 4.74 Å². The number of benzene rings is 2. The third-order valence-corrected chi connectivity index (χ3v) is 3.75. The van der Waals surface area contributed by atoms with Gasteiger partial charge in [0, 0.05) is 5.56 Å². The molecule has 0 heterocycles. The van der Waals surface area contributed by atoms with Crippen molar-refractivity contribution in [3.05, 3.63) is 70.8 Å². The van der Waals surface area contributed by atoms with Gasteiger partial charge in [0.15, 0.2) is 5.84 Å². The molecule has 0 fully saturated rings.